The minimum atomic E-state index is -4.63. The van der Waals surface area contributed by atoms with Gasteiger partial charge in [0.2, 0.25) is 0 Å². The smallest absolute Gasteiger partial charge is 0.321 e. The first-order valence-corrected chi connectivity index (χ1v) is 6.14. The molecule has 0 radical (unpaired) electrons. The maximum Gasteiger partial charge on any atom is 0.434 e. The molecule has 100 valence electrons. The molecule has 1 aromatic carbocycles. The van der Waals surface area contributed by atoms with Crippen LogP contribution < -0.4 is 5.32 Å². The number of carbonyl (C=O) groups is 1. The Kier molecular flexibility index (Phi) is 3.57. The van der Waals surface area contributed by atoms with Gasteiger partial charge in [0.15, 0.2) is 5.69 Å². The van der Waals surface area contributed by atoms with E-state index in [0.717, 1.165) is 11.1 Å². The zero-order chi connectivity index (χ0) is 14.0. The summed E-state index contributed by atoms with van der Waals surface area (Å²) in [6.07, 6.45) is -4.63. The lowest BCUT2D eigenvalue weighted by Crippen LogP contribution is -2.17. The number of carbonyl (C=O) groups excluding carboxylic acids is 1. The fourth-order valence-corrected chi connectivity index (χ4v) is 2.14. The van der Waals surface area contributed by atoms with Gasteiger partial charge in [-0.05, 0) is 19.1 Å². The van der Waals surface area contributed by atoms with E-state index < -0.39 is 22.7 Å². The second-order valence-electron chi connectivity index (χ2n) is 3.85. The van der Waals surface area contributed by atoms with Crippen LogP contribution in [0.2, 0.25) is 0 Å². The summed E-state index contributed by atoms with van der Waals surface area (Å²) in [7, 11) is 0. The number of alkyl halides is 3. The van der Waals surface area contributed by atoms with Crippen molar-refractivity contribution in [2.24, 2.45) is 0 Å². The third-order valence-electron chi connectivity index (χ3n) is 2.35. The summed E-state index contributed by atoms with van der Waals surface area (Å²) in [6.45, 7) is 1.87. The zero-order valence-corrected chi connectivity index (χ0v) is 10.6. The van der Waals surface area contributed by atoms with E-state index in [4.69, 9.17) is 0 Å². The highest BCUT2D eigenvalue weighted by molar-refractivity contribution is 7.12. The van der Waals surface area contributed by atoms with E-state index >= 15 is 0 Å². The predicted octanol–water partition coefficient (Wildman–Crippen LogP) is 3.72. The van der Waals surface area contributed by atoms with Gasteiger partial charge in [0.25, 0.3) is 5.91 Å². The molecular formula is C12H9F3N2OS. The number of nitrogens with one attached hydrogen (secondary N) is 1. The van der Waals surface area contributed by atoms with Gasteiger partial charge in [-0.1, -0.05) is 17.7 Å². The largest absolute Gasteiger partial charge is 0.434 e. The molecule has 0 fully saturated rings. The van der Waals surface area contributed by atoms with E-state index in [2.05, 4.69) is 10.3 Å². The molecule has 0 saturated carbocycles. The van der Waals surface area contributed by atoms with Crippen LogP contribution in [0.3, 0.4) is 0 Å². The van der Waals surface area contributed by atoms with Crippen molar-refractivity contribution in [2.45, 2.75) is 13.1 Å². The van der Waals surface area contributed by atoms with Crippen LogP contribution in [-0.2, 0) is 6.18 Å². The SMILES string of the molecule is Cc1ccc(NC(=O)c2scnc2C(F)(F)F)cc1. The van der Waals surface area contributed by atoms with E-state index in [1.54, 1.807) is 24.3 Å². The summed E-state index contributed by atoms with van der Waals surface area (Å²) < 4.78 is 37.8. The van der Waals surface area contributed by atoms with E-state index in [9.17, 15) is 18.0 Å². The number of thiazole rings is 1. The Morgan fingerprint density at radius 3 is 2.47 bits per heavy atom. The number of aromatic nitrogens is 1. The molecule has 3 nitrogen and oxygen atoms in total. The average Bonchev–Trinajstić information content (AvgIpc) is 2.81. The third kappa shape index (κ3) is 3.11. The standard InChI is InChI=1S/C12H9F3N2OS/c1-7-2-4-8(5-3-7)17-11(18)9-10(12(13,14)15)16-6-19-9/h2-6H,1H3,(H,17,18). The summed E-state index contributed by atoms with van der Waals surface area (Å²) in [6, 6.07) is 6.77. The maximum absolute atomic E-state index is 12.6. The Morgan fingerprint density at radius 1 is 1.26 bits per heavy atom. The Hall–Kier alpha value is -1.89. The summed E-state index contributed by atoms with van der Waals surface area (Å²) in [5, 5.41) is 2.42. The molecule has 0 atom stereocenters. The normalized spacial score (nSPS) is 11.4. The lowest BCUT2D eigenvalue weighted by atomic mass is 10.2. The molecule has 0 bridgehead atoms. The highest BCUT2D eigenvalue weighted by Gasteiger charge is 2.38. The Bertz CT molecular complexity index is 590. The van der Waals surface area contributed by atoms with Crippen molar-refractivity contribution in [3.63, 3.8) is 0 Å². The van der Waals surface area contributed by atoms with Crippen molar-refractivity contribution in [3.05, 3.63) is 45.9 Å². The van der Waals surface area contributed by atoms with Crippen molar-refractivity contribution in [1.29, 1.82) is 0 Å². The van der Waals surface area contributed by atoms with Crippen LogP contribution >= 0.6 is 11.3 Å². The number of hydrogen-bond acceptors (Lipinski definition) is 3. The molecule has 0 spiro atoms. The highest BCUT2D eigenvalue weighted by Crippen LogP contribution is 2.32. The van der Waals surface area contributed by atoms with Gasteiger partial charge in [-0.3, -0.25) is 4.79 Å². The van der Waals surface area contributed by atoms with Crippen LogP contribution in [0, 0.1) is 6.92 Å². The number of amides is 1. The summed E-state index contributed by atoms with van der Waals surface area (Å²) in [5.41, 5.74) is 1.29. The van der Waals surface area contributed by atoms with Crippen LogP contribution in [0.4, 0.5) is 18.9 Å². The number of nitrogens with zero attached hydrogens (tertiary/aromatic N) is 1. The number of benzene rings is 1. The van der Waals surface area contributed by atoms with Crippen molar-refractivity contribution >= 4 is 22.9 Å². The van der Waals surface area contributed by atoms with E-state index in [0.29, 0.717) is 17.0 Å². The van der Waals surface area contributed by atoms with Crippen LogP contribution in [0.1, 0.15) is 20.9 Å². The first kappa shape index (κ1) is 13.5. The number of aryl methyl sites for hydroxylation is 1. The first-order valence-electron chi connectivity index (χ1n) is 5.26. The average molecular weight is 286 g/mol. The van der Waals surface area contributed by atoms with Gasteiger partial charge in [-0.2, -0.15) is 13.2 Å². The van der Waals surface area contributed by atoms with E-state index in [1.807, 2.05) is 6.92 Å². The second kappa shape index (κ2) is 5.00. The lowest BCUT2D eigenvalue weighted by molar-refractivity contribution is -0.141. The van der Waals surface area contributed by atoms with Gasteiger partial charge < -0.3 is 5.32 Å². The first-order chi connectivity index (χ1) is 8.88. The molecule has 0 aliphatic carbocycles. The lowest BCUT2D eigenvalue weighted by Gasteiger charge is -2.07. The summed E-state index contributed by atoms with van der Waals surface area (Å²) in [5.74, 6) is -0.807. The predicted molar refractivity (Wildman–Crippen MR) is 66.2 cm³/mol. The van der Waals surface area contributed by atoms with Crippen molar-refractivity contribution < 1.29 is 18.0 Å². The molecule has 2 aromatic rings. The Labute approximate surface area is 111 Å². The summed E-state index contributed by atoms with van der Waals surface area (Å²) >= 11 is 0.664. The molecule has 0 saturated heterocycles. The minimum Gasteiger partial charge on any atom is -0.321 e. The molecule has 2 rings (SSSR count). The van der Waals surface area contributed by atoms with Gasteiger partial charge in [-0.25, -0.2) is 4.98 Å². The van der Waals surface area contributed by atoms with Crippen LogP contribution in [0.25, 0.3) is 0 Å². The fourth-order valence-electron chi connectivity index (χ4n) is 1.43. The second-order valence-corrected chi connectivity index (χ2v) is 4.70. The molecule has 19 heavy (non-hydrogen) atoms. The molecule has 7 heteroatoms. The van der Waals surface area contributed by atoms with Gasteiger partial charge in [0.05, 0.1) is 5.51 Å². The van der Waals surface area contributed by atoms with Gasteiger partial charge in [0, 0.05) is 5.69 Å². The number of hydrogen-bond donors (Lipinski definition) is 1. The minimum absolute atomic E-state index is 0.437. The van der Waals surface area contributed by atoms with Crippen molar-refractivity contribution in [1.82, 2.24) is 4.98 Å². The number of halogens is 3. The van der Waals surface area contributed by atoms with E-state index in [-0.39, 0.29) is 0 Å². The monoisotopic (exact) mass is 286 g/mol. The molecule has 0 aliphatic rings. The topological polar surface area (TPSA) is 42.0 Å². The van der Waals surface area contributed by atoms with E-state index in [1.165, 1.54) is 0 Å². The summed E-state index contributed by atoms with van der Waals surface area (Å²) in [4.78, 5) is 14.5. The van der Waals surface area contributed by atoms with Crippen molar-refractivity contribution in [2.75, 3.05) is 5.32 Å². The molecule has 1 aromatic heterocycles. The number of rotatable bonds is 2. The van der Waals surface area contributed by atoms with Gasteiger partial charge in [-0.15, -0.1) is 11.3 Å². The Morgan fingerprint density at radius 2 is 1.89 bits per heavy atom. The molecule has 0 aliphatic heterocycles. The Balaban J connectivity index is 2.21. The van der Waals surface area contributed by atoms with Gasteiger partial charge >= 0.3 is 6.18 Å². The molecule has 1 heterocycles. The zero-order valence-electron chi connectivity index (χ0n) is 9.78. The quantitative estimate of drug-likeness (QED) is 0.914. The fraction of sp³-hybridized carbons (Fsp3) is 0.167. The van der Waals surface area contributed by atoms with Crippen LogP contribution in [0.15, 0.2) is 29.8 Å². The molecule has 1 N–H and O–H groups in total. The van der Waals surface area contributed by atoms with Crippen molar-refractivity contribution in [3.8, 4) is 0 Å². The molecular weight excluding hydrogens is 277 g/mol. The number of anilines is 1. The molecule has 0 unspecified atom stereocenters. The van der Waals surface area contributed by atoms with Crippen LogP contribution in [0.5, 0.6) is 0 Å². The molecule has 1 amide bonds. The van der Waals surface area contributed by atoms with Gasteiger partial charge in [0.1, 0.15) is 4.88 Å². The maximum atomic E-state index is 12.6. The third-order valence-corrected chi connectivity index (χ3v) is 3.18. The highest BCUT2D eigenvalue weighted by atomic mass is 32.1. The van der Waals surface area contributed by atoms with Crippen LogP contribution in [-0.4, -0.2) is 10.9 Å².